The van der Waals surface area contributed by atoms with Crippen LogP contribution in [0.2, 0.25) is 0 Å². The molecule has 0 N–H and O–H groups in total. The van der Waals surface area contributed by atoms with E-state index in [-0.39, 0.29) is 5.75 Å². The Morgan fingerprint density at radius 2 is 1.71 bits per heavy atom. The van der Waals surface area contributed by atoms with Gasteiger partial charge in [-0.05, 0) is 18.2 Å². The standard InChI is InChI=1S/C14H20F2N2O2S/c1-21(19,20)9-8-17-4-6-18(7-5-17)11-12-10-13(15)2-3-14(12)16/h2-3,10H,4-9,11H2,1H3. The molecule has 1 aromatic rings. The van der Waals surface area contributed by atoms with Gasteiger partial charge in [-0.2, -0.15) is 0 Å². The summed E-state index contributed by atoms with van der Waals surface area (Å²) in [6, 6.07) is 3.49. The summed E-state index contributed by atoms with van der Waals surface area (Å²) in [5.41, 5.74) is 0.361. The van der Waals surface area contributed by atoms with Crippen LogP contribution < -0.4 is 0 Å². The van der Waals surface area contributed by atoms with Crippen molar-refractivity contribution in [3.8, 4) is 0 Å². The molecule has 0 saturated carbocycles. The Morgan fingerprint density at radius 1 is 1.10 bits per heavy atom. The van der Waals surface area contributed by atoms with Crippen LogP contribution in [-0.2, 0) is 16.4 Å². The summed E-state index contributed by atoms with van der Waals surface area (Å²) < 4.78 is 49.0. The lowest BCUT2D eigenvalue weighted by Crippen LogP contribution is -2.47. The van der Waals surface area contributed by atoms with Gasteiger partial charge >= 0.3 is 0 Å². The van der Waals surface area contributed by atoms with E-state index in [2.05, 4.69) is 9.80 Å². The fraction of sp³-hybridized carbons (Fsp3) is 0.571. The maximum atomic E-state index is 13.6. The molecule has 0 amide bonds. The van der Waals surface area contributed by atoms with Crippen molar-refractivity contribution in [2.24, 2.45) is 0 Å². The molecule has 0 spiro atoms. The minimum Gasteiger partial charge on any atom is -0.300 e. The molecule has 0 aliphatic carbocycles. The summed E-state index contributed by atoms with van der Waals surface area (Å²) >= 11 is 0. The lowest BCUT2D eigenvalue weighted by molar-refractivity contribution is 0.131. The van der Waals surface area contributed by atoms with Crippen LogP contribution in [0.15, 0.2) is 18.2 Å². The third kappa shape index (κ3) is 5.33. The molecule has 1 fully saturated rings. The largest absolute Gasteiger partial charge is 0.300 e. The van der Waals surface area contributed by atoms with Gasteiger partial charge in [0, 0.05) is 51.1 Å². The van der Waals surface area contributed by atoms with Crippen LogP contribution >= 0.6 is 0 Å². The van der Waals surface area contributed by atoms with E-state index in [4.69, 9.17) is 0 Å². The molecule has 2 rings (SSSR count). The molecule has 1 heterocycles. The maximum Gasteiger partial charge on any atom is 0.148 e. The van der Waals surface area contributed by atoms with Gasteiger partial charge in [0.1, 0.15) is 21.5 Å². The van der Waals surface area contributed by atoms with Crippen LogP contribution in [0.4, 0.5) is 8.78 Å². The molecule has 0 radical (unpaired) electrons. The summed E-state index contributed by atoms with van der Waals surface area (Å²) in [7, 11) is -2.94. The van der Waals surface area contributed by atoms with E-state index in [1.54, 1.807) is 0 Å². The predicted molar refractivity (Wildman–Crippen MR) is 77.8 cm³/mol. The molecule has 0 aromatic heterocycles. The van der Waals surface area contributed by atoms with Crippen LogP contribution in [0.5, 0.6) is 0 Å². The fourth-order valence-corrected chi connectivity index (χ4v) is 2.96. The van der Waals surface area contributed by atoms with Gasteiger partial charge < -0.3 is 0 Å². The average molecular weight is 318 g/mol. The first-order valence-electron chi connectivity index (χ1n) is 6.90. The van der Waals surface area contributed by atoms with E-state index >= 15 is 0 Å². The van der Waals surface area contributed by atoms with Crippen LogP contribution in [-0.4, -0.2) is 63.0 Å². The van der Waals surface area contributed by atoms with E-state index in [0.29, 0.717) is 18.7 Å². The lowest BCUT2D eigenvalue weighted by atomic mass is 10.2. The van der Waals surface area contributed by atoms with Gasteiger partial charge in [-0.3, -0.25) is 9.80 Å². The zero-order chi connectivity index (χ0) is 15.5. The molecule has 0 atom stereocenters. The van der Waals surface area contributed by atoms with Crippen molar-refractivity contribution in [2.45, 2.75) is 6.54 Å². The Labute approximate surface area is 124 Å². The monoisotopic (exact) mass is 318 g/mol. The normalized spacial score (nSPS) is 18.0. The molecule has 1 saturated heterocycles. The number of piperazine rings is 1. The Kier molecular flexibility index (Phi) is 5.29. The van der Waals surface area contributed by atoms with Gasteiger partial charge in [0.15, 0.2) is 0 Å². The van der Waals surface area contributed by atoms with Crippen LogP contribution in [0.3, 0.4) is 0 Å². The molecule has 1 aliphatic heterocycles. The van der Waals surface area contributed by atoms with Gasteiger partial charge in [-0.1, -0.05) is 0 Å². The minimum atomic E-state index is -2.94. The average Bonchev–Trinajstić information content (AvgIpc) is 2.41. The summed E-state index contributed by atoms with van der Waals surface area (Å²) in [5, 5.41) is 0. The van der Waals surface area contributed by atoms with Gasteiger partial charge in [0.2, 0.25) is 0 Å². The van der Waals surface area contributed by atoms with Gasteiger partial charge in [-0.15, -0.1) is 0 Å². The van der Waals surface area contributed by atoms with Crippen molar-refractivity contribution in [1.29, 1.82) is 0 Å². The van der Waals surface area contributed by atoms with Crippen molar-refractivity contribution in [3.05, 3.63) is 35.4 Å². The molecule has 7 heteroatoms. The summed E-state index contributed by atoms with van der Waals surface area (Å²) in [6.07, 6.45) is 1.23. The smallest absolute Gasteiger partial charge is 0.148 e. The lowest BCUT2D eigenvalue weighted by Gasteiger charge is -2.34. The number of halogens is 2. The second-order valence-corrected chi connectivity index (χ2v) is 7.74. The first-order valence-corrected chi connectivity index (χ1v) is 8.96. The highest BCUT2D eigenvalue weighted by molar-refractivity contribution is 7.90. The zero-order valence-corrected chi connectivity index (χ0v) is 12.9. The van der Waals surface area contributed by atoms with Crippen molar-refractivity contribution >= 4 is 9.84 Å². The van der Waals surface area contributed by atoms with E-state index in [0.717, 1.165) is 38.3 Å². The van der Waals surface area contributed by atoms with E-state index in [1.807, 2.05) is 0 Å². The SMILES string of the molecule is CS(=O)(=O)CCN1CCN(Cc2cc(F)ccc2F)CC1. The summed E-state index contributed by atoms with van der Waals surface area (Å²) in [6.45, 7) is 3.84. The third-order valence-electron chi connectivity index (χ3n) is 3.64. The van der Waals surface area contributed by atoms with Crippen LogP contribution in [0.25, 0.3) is 0 Å². The van der Waals surface area contributed by atoms with E-state index in [1.165, 1.54) is 12.3 Å². The first-order chi connectivity index (χ1) is 9.83. The van der Waals surface area contributed by atoms with Crippen LogP contribution in [0.1, 0.15) is 5.56 Å². The highest BCUT2D eigenvalue weighted by atomic mass is 32.2. The Bertz CT molecular complexity index is 585. The number of hydrogen-bond acceptors (Lipinski definition) is 4. The van der Waals surface area contributed by atoms with Gasteiger partial charge in [0.05, 0.1) is 5.75 Å². The Morgan fingerprint density at radius 3 is 2.33 bits per heavy atom. The molecule has 1 aliphatic rings. The topological polar surface area (TPSA) is 40.6 Å². The second-order valence-electron chi connectivity index (χ2n) is 5.48. The third-order valence-corrected chi connectivity index (χ3v) is 4.57. The molecule has 1 aromatic carbocycles. The number of nitrogens with zero attached hydrogens (tertiary/aromatic N) is 2. The summed E-state index contributed by atoms with van der Waals surface area (Å²) in [4.78, 5) is 4.13. The van der Waals surface area contributed by atoms with E-state index < -0.39 is 21.5 Å². The molecule has 21 heavy (non-hydrogen) atoms. The Balaban J connectivity index is 1.83. The molecule has 118 valence electrons. The van der Waals surface area contributed by atoms with E-state index in [9.17, 15) is 17.2 Å². The minimum absolute atomic E-state index is 0.158. The summed E-state index contributed by atoms with van der Waals surface area (Å²) in [5.74, 6) is -0.667. The van der Waals surface area contributed by atoms with Crippen molar-refractivity contribution < 1.29 is 17.2 Å². The number of hydrogen-bond donors (Lipinski definition) is 0. The molecule has 0 bridgehead atoms. The number of rotatable bonds is 5. The van der Waals surface area contributed by atoms with Crippen LogP contribution in [0, 0.1) is 11.6 Å². The van der Waals surface area contributed by atoms with Crippen molar-refractivity contribution in [2.75, 3.05) is 44.7 Å². The highest BCUT2D eigenvalue weighted by Crippen LogP contribution is 2.14. The molecule has 4 nitrogen and oxygen atoms in total. The van der Waals surface area contributed by atoms with Crippen molar-refractivity contribution in [1.82, 2.24) is 9.80 Å². The van der Waals surface area contributed by atoms with Gasteiger partial charge in [0.25, 0.3) is 0 Å². The highest BCUT2D eigenvalue weighted by Gasteiger charge is 2.19. The maximum absolute atomic E-state index is 13.6. The second kappa shape index (κ2) is 6.81. The number of sulfone groups is 1. The molecular formula is C14H20F2N2O2S. The van der Waals surface area contributed by atoms with Gasteiger partial charge in [-0.25, -0.2) is 17.2 Å². The number of benzene rings is 1. The molecular weight excluding hydrogens is 298 g/mol. The predicted octanol–water partition coefficient (Wildman–Crippen LogP) is 1.13. The van der Waals surface area contributed by atoms with Crippen molar-refractivity contribution in [3.63, 3.8) is 0 Å². The fourth-order valence-electron chi connectivity index (χ4n) is 2.37. The molecule has 0 unspecified atom stereocenters. The Hall–Kier alpha value is -1.05. The quantitative estimate of drug-likeness (QED) is 0.816. The first kappa shape index (κ1) is 16.3. The zero-order valence-electron chi connectivity index (χ0n) is 12.1.